The van der Waals surface area contributed by atoms with Gasteiger partial charge in [0, 0.05) is 19.1 Å². The van der Waals surface area contributed by atoms with Crippen molar-refractivity contribution >= 4 is 0 Å². The van der Waals surface area contributed by atoms with Gasteiger partial charge in [-0.15, -0.1) is 0 Å². The molecule has 1 rings (SSSR count). The van der Waals surface area contributed by atoms with E-state index in [0.29, 0.717) is 5.92 Å². The monoisotopic (exact) mass is 167 g/mol. The lowest BCUT2D eigenvalue weighted by atomic mass is 9.85. The van der Waals surface area contributed by atoms with Crippen LogP contribution in [-0.2, 0) is 0 Å². The summed E-state index contributed by atoms with van der Waals surface area (Å²) in [5.41, 5.74) is 5.35. The quantitative estimate of drug-likeness (QED) is 0.654. The lowest BCUT2D eigenvalue weighted by Gasteiger charge is -2.47. The maximum absolute atomic E-state index is 9.04. The van der Waals surface area contributed by atoms with Gasteiger partial charge < -0.3 is 5.73 Å². The summed E-state index contributed by atoms with van der Waals surface area (Å²) in [6.45, 7) is 7.87. The maximum atomic E-state index is 9.04. The van der Waals surface area contributed by atoms with Crippen molar-refractivity contribution in [3.8, 4) is 6.07 Å². The topological polar surface area (TPSA) is 53.0 Å². The highest BCUT2D eigenvalue weighted by Gasteiger charge is 2.41. The van der Waals surface area contributed by atoms with Crippen LogP contribution in [0.15, 0.2) is 0 Å². The molecule has 0 aromatic rings. The van der Waals surface area contributed by atoms with Gasteiger partial charge in [0.15, 0.2) is 0 Å². The molecule has 0 spiro atoms. The van der Waals surface area contributed by atoms with Crippen molar-refractivity contribution in [3.63, 3.8) is 0 Å². The van der Waals surface area contributed by atoms with Crippen LogP contribution in [0.5, 0.6) is 0 Å². The van der Waals surface area contributed by atoms with Gasteiger partial charge >= 0.3 is 0 Å². The molecule has 3 nitrogen and oxygen atoms in total. The van der Waals surface area contributed by atoms with Crippen molar-refractivity contribution in [3.05, 3.63) is 0 Å². The molecule has 1 aliphatic heterocycles. The molecule has 1 saturated heterocycles. The van der Waals surface area contributed by atoms with Crippen LogP contribution in [0, 0.1) is 17.2 Å². The Hall–Kier alpha value is -0.590. The molecule has 0 aromatic heterocycles. The largest absolute Gasteiger partial charge is 0.325 e. The Balaban J connectivity index is 2.64. The van der Waals surface area contributed by atoms with E-state index in [2.05, 4.69) is 24.8 Å². The van der Waals surface area contributed by atoms with Crippen molar-refractivity contribution < 1.29 is 0 Å². The van der Waals surface area contributed by atoms with Crippen LogP contribution in [0.2, 0.25) is 0 Å². The summed E-state index contributed by atoms with van der Waals surface area (Å²) in [6, 6.07) is 2.65. The molecular weight excluding hydrogens is 150 g/mol. The van der Waals surface area contributed by atoms with Crippen LogP contribution in [-0.4, -0.2) is 29.6 Å². The third-order valence-electron chi connectivity index (χ3n) is 2.92. The fourth-order valence-electron chi connectivity index (χ4n) is 1.46. The minimum atomic E-state index is -0.324. The zero-order chi connectivity index (χ0) is 9.35. The normalized spacial score (nSPS) is 24.7. The van der Waals surface area contributed by atoms with Crippen molar-refractivity contribution in [1.29, 1.82) is 5.26 Å². The zero-order valence-electron chi connectivity index (χ0n) is 8.04. The molecule has 1 aliphatic rings. The van der Waals surface area contributed by atoms with E-state index in [0.717, 1.165) is 13.1 Å². The van der Waals surface area contributed by atoms with E-state index in [4.69, 9.17) is 11.0 Å². The fourth-order valence-corrected chi connectivity index (χ4v) is 1.46. The average molecular weight is 167 g/mol. The van der Waals surface area contributed by atoms with E-state index in [1.54, 1.807) is 0 Å². The van der Waals surface area contributed by atoms with E-state index in [-0.39, 0.29) is 11.6 Å². The molecule has 0 bridgehead atoms. The van der Waals surface area contributed by atoms with Gasteiger partial charge in [-0.1, -0.05) is 13.8 Å². The van der Waals surface area contributed by atoms with Gasteiger partial charge in [-0.3, -0.25) is 4.90 Å². The molecule has 12 heavy (non-hydrogen) atoms. The molecule has 0 aliphatic carbocycles. The molecule has 0 amide bonds. The first-order valence-electron chi connectivity index (χ1n) is 4.42. The molecule has 0 saturated carbocycles. The SMILES string of the molecule is CC(C)[C@](C)(C#N)N1CC(N)C1. The van der Waals surface area contributed by atoms with Gasteiger partial charge in [-0.2, -0.15) is 5.26 Å². The van der Waals surface area contributed by atoms with Crippen molar-refractivity contribution in [1.82, 2.24) is 4.90 Å². The van der Waals surface area contributed by atoms with E-state index in [9.17, 15) is 0 Å². The minimum absolute atomic E-state index is 0.274. The Morgan fingerprint density at radius 3 is 2.33 bits per heavy atom. The zero-order valence-corrected chi connectivity index (χ0v) is 8.04. The van der Waals surface area contributed by atoms with Gasteiger partial charge in [-0.25, -0.2) is 0 Å². The summed E-state index contributed by atoms with van der Waals surface area (Å²) in [4.78, 5) is 2.16. The number of hydrogen-bond acceptors (Lipinski definition) is 3. The van der Waals surface area contributed by atoms with Gasteiger partial charge in [0.25, 0.3) is 0 Å². The molecule has 1 heterocycles. The third-order valence-corrected chi connectivity index (χ3v) is 2.92. The Morgan fingerprint density at radius 2 is 2.08 bits per heavy atom. The van der Waals surface area contributed by atoms with Crippen LogP contribution < -0.4 is 5.73 Å². The second-order valence-electron chi connectivity index (χ2n) is 4.08. The predicted molar refractivity (Wildman–Crippen MR) is 48.4 cm³/mol. The molecule has 0 aromatic carbocycles. The molecule has 68 valence electrons. The Morgan fingerprint density at radius 1 is 1.58 bits per heavy atom. The molecule has 3 heteroatoms. The van der Waals surface area contributed by atoms with Crippen LogP contribution in [0.3, 0.4) is 0 Å². The summed E-state index contributed by atoms with van der Waals surface area (Å²) >= 11 is 0. The maximum Gasteiger partial charge on any atom is 0.108 e. The first kappa shape index (κ1) is 9.50. The summed E-state index contributed by atoms with van der Waals surface area (Å²) in [7, 11) is 0. The minimum Gasteiger partial charge on any atom is -0.325 e. The standard InChI is InChI=1S/C9H17N3/c1-7(2)9(3,6-10)12-4-8(11)5-12/h7-8H,4-5,11H2,1-3H3/t9-/m0/s1. The van der Waals surface area contributed by atoms with Gasteiger partial charge in [0.2, 0.25) is 0 Å². The number of nitrogens with two attached hydrogens (primary N) is 1. The van der Waals surface area contributed by atoms with E-state index >= 15 is 0 Å². The molecule has 0 unspecified atom stereocenters. The van der Waals surface area contributed by atoms with Gasteiger partial charge in [0.05, 0.1) is 6.07 Å². The first-order chi connectivity index (χ1) is 5.50. The highest BCUT2D eigenvalue weighted by Crippen LogP contribution is 2.27. The van der Waals surface area contributed by atoms with Gasteiger partial charge in [0.1, 0.15) is 5.54 Å². The molecule has 1 atom stereocenters. The van der Waals surface area contributed by atoms with Crippen molar-refractivity contribution in [2.45, 2.75) is 32.4 Å². The molecular formula is C9H17N3. The van der Waals surface area contributed by atoms with Crippen molar-refractivity contribution in [2.24, 2.45) is 11.7 Å². The van der Waals surface area contributed by atoms with E-state index in [1.165, 1.54) is 0 Å². The van der Waals surface area contributed by atoms with Crippen LogP contribution >= 0.6 is 0 Å². The molecule has 0 radical (unpaired) electrons. The summed E-state index contributed by atoms with van der Waals surface area (Å²) in [5.74, 6) is 0.356. The number of likely N-dealkylation sites (tertiary alicyclic amines) is 1. The lowest BCUT2D eigenvalue weighted by molar-refractivity contribution is 0.0325. The van der Waals surface area contributed by atoms with E-state index < -0.39 is 0 Å². The van der Waals surface area contributed by atoms with Gasteiger partial charge in [-0.05, 0) is 12.8 Å². The lowest BCUT2D eigenvalue weighted by Crippen LogP contribution is -2.65. The third kappa shape index (κ3) is 1.33. The van der Waals surface area contributed by atoms with Crippen LogP contribution in [0.1, 0.15) is 20.8 Å². The smallest absolute Gasteiger partial charge is 0.108 e. The number of nitriles is 1. The van der Waals surface area contributed by atoms with E-state index in [1.807, 2.05) is 6.92 Å². The Bertz CT molecular complexity index is 200. The number of hydrogen-bond donors (Lipinski definition) is 1. The van der Waals surface area contributed by atoms with Crippen LogP contribution in [0.4, 0.5) is 0 Å². The molecule has 1 fully saturated rings. The first-order valence-corrected chi connectivity index (χ1v) is 4.42. The molecule has 2 N–H and O–H groups in total. The summed E-state index contributed by atoms with van der Waals surface area (Å²) in [6.07, 6.45) is 0. The Kier molecular flexibility index (Phi) is 2.41. The summed E-state index contributed by atoms with van der Waals surface area (Å²) < 4.78 is 0. The fraction of sp³-hybridized carbons (Fsp3) is 0.889. The van der Waals surface area contributed by atoms with Crippen molar-refractivity contribution in [2.75, 3.05) is 13.1 Å². The average Bonchev–Trinajstić information content (AvgIpc) is 1.97. The number of rotatable bonds is 2. The summed E-state index contributed by atoms with van der Waals surface area (Å²) in [5, 5.41) is 9.04. The second kappa shape index (κ2) is 3.04. The highest BCUT2D eigenvalue weighted by molar-refractivity contribution is 5.11. The van der Waals surface area contributed by atoms with Crippen LogP contribution in [0.25, 0.3) is 0 Å². The number of nitrogens with zero attached hydrogens (tertiary/aromatic N) is 2. The predicted octanol–water partition coefficient (Wildman–Crippen LogP) is 0.568. The second-order valence-corrected chi connectivity index (χ2v) is 4.08. The highest BCUT2D eigenvalue weighted by atomic mass is 15.3. The Labute approximate surface area is 74.1 Å².